The Morgan fingerprint density at radius 1 is 1.32 bits per heavy atom. The molecule has 2 aliphatic rings. The maximum atomic E-state index is 10.9. The molecule has 3 heteroatoms. The first-order valence-electron chi connectivity index (χ1n) is 6.45. The number of aldehydes is 1. The van der Waals surface area contributed by atoms with Gasteiger partial charge in [0.25, 0.3) is 0 Å². The summed E-state index contributed by atoms with van der Waals surface area (Å²) in [6.07, 6.45) is 7.44. The normalized spacial score (nSPS) is 24.8. The fraction of sp³-hybridized carbons (Fsp3) is 0.250. The van der Waals surface area contributed by atoms with Crippen LogP contribution in [0.1, 0.15) is 5.56 Å². The Labute approximate surface area is 112 Å². The van der Waals surface area contributed by atoms with Gasteiger partial charge in [0.2, 0.25) is 5.90 Å². The highest BCUT2D eigenvalue weighted by Gasteiger charge is 2.26. The molecular weight excluding hydrogens is 238 g/mol. The van der Waals surface area contributed by atoms with Crippen molar-refractivity contribution in [2.24, 2.45) is 10.9 Å². The first kappa shape index (κ1) is 11.9. The standard InChI is InChI=1S/C16H15NO2/c18-10-13-7-4-8-15(13)16-17-14(11-19-16)9-12-5-2-1-3-6-12/h1-8,10,13-14H,9,11H2/t13?,14-/m0/s1. The second-order valence-corrected chi connectivity index (χ2v) is 4.76. The van der Waals surface area contributed by atoms with Gasteiger partial charge in [0.15, 0.2) is 0 Å². The van der Waals surface area contributed by atoms with Crippen LogP contribution >= 0.6 is 0 Å². The van der Waals surface area contributed by atoms with Crippen LogP contribution in [-0.4, -0.2) is 24.8 Å². The Morgan fingerprint density at radius 2 is 2.16 bits per heavy atom. The molecule has 1 aliphatic heterocycles. The van der Waals surface area contributed by atoms with E-state index < -0.39 is 0 Å². The van der Waals surface area contributed by atoms with Gasteiger partial charge in [0.05, 0.1) is 12.0 Å². The first-order chi connectivity index (χ1) is 9.36. The summed E-state index contributed by atoms with van der Waals surface area (Å²) in [6.45, 7) is 0.590. The summed E-state index contributed by atoms with van der Waals surface area (Å²) < 4.78 is 5.64. The van der Waals surface area contributed by atoms with E-state index in [4.69, 9.17) is 4.74 Å². The van der Waals surface area contributed by atoms with Crippen LogP contribution in [0.15, 0.2) is 59.1 Å². The molecule has 0 fully saturated rings. The van der Waals surface area contributed by atoms with Gasteiger partial charge in [-0.1, -0.05) is 48.6 Å². The zero-order valence-electron chi connectivity index (χ0n) is 10.5. The zero-order valence-corrected chi connectivity index (χ0v) is 10.5. The molecule has 1 aromatic carbocycles. The Hall–Kier alpha value is -2.16. The number of aliphatic imine (C=N–C) groups is 1. The molecule has 0 bridgehead atoms. The monoisotopic (exact) mass is 253 g/mol. The number of hydrogen-bond acceptors (Lipinski definition) is 3. The Bertz CT molecular complexity index is 557. The number of rotatable bonds is 4. The molecule has 0 aromatic heterocycles. The Morgan fingerprint density at radius 3 is 2.95 bits per heavy atom. The van der Waals surface area contributed by atoms with E-state index in [-0.39, 0.29) is 12.0 Å². The number of benzene rings is 1. The van der Waals surface area contributed by atoms with Gasteiger partial charge < -0.3 is 9.53 Å². The molecule has 2 atom stereocenters. The molecule has 3 rings (SSSR count). The van der Waals surface area contributed by atoms with Crippen LogP contribution in [0, 0.1) is 5.92 Å². The van der Waals surface area contributed by atoms with E-state index in [0.29, 0.717) is 12.5 Å². The van der Waals surface area contributed by atoms with Crippen molar-refractivity contribution in [3.8, 4) is 0 Å². The minimum absolute atomic E-state index is 0.145. The molecule has 1 heterocycles. The molecule has 19 heavy (non-hydrogen) atoms. The van der Waals surface area contributed by atoms with Gasteiger partial charge in [-0.2, -0.15) is 0 Å². The van der Waals surface area contributed by atoms with Crippen LogP contribution in [-0.2, 0) is 16.0 Å². The molecule has 0 N–H and O–H groups in total. The summed E-state index contributed by atoms with van der Waals surface area (Å²) >= 11 is 0. The highest BCUT2D eigenvalue weighted by molar-refractivity contribution is 5.99. The number of nitrogens with zero attached hydrogens (tertiary/aromatic N) is 1. The van der Waals surface area contributed by atoms with Gasteiger partial charge in [-0.3, -0.25) is 0 Å². The molecule has 1 aromatic rings. The van der Waals surface area contributed by atoms with Crippen molar-refractivity contribution in [1.29, 1.82) is 0 Å². The minimum Gasteiger partial charge on any atom is -0.475 e. The largest absolute Gasteiger partial charge is 0.475 e. The molecule has 3 nitrogen and oxygen atoms in total. The number of carbonyl (C=O) groups is 1. The van der Waals surface area contributed by atoms with Crippen LogP contribution in [0.5, 0.6) is 0 Å². The van der Waals surface area contributed by atoms with E-state index >= 15 is 0 Å². The van der Waals surface area contributed by atoms with E-state index in [9.17, 15) is 4.79 Å². The average molecular weight is 253 g/mol. The number of hydrogen-bond donors (Lipinski definition) is 0. The predicted octanol–water partition coefficient (Wildman–Crippen LogP) is 2.34. The summed E-state index contributed by atoms with van der Waals surface area (Å²) in [5.74, 6) is 0.428. The molecule has 0 spiro atoms. The van der Waals surface area contributed by atoms with Crippen molar-refractivity contribution >= 4 is 12.2 Å². The van der Waals surface area contributed by atoms with E-state index in [0.717, 1.165) is 18.3 Å². The third-order valence-corrected chi connectivity index (χ3v) is 3.37. The van der Waals surface area contributed by atoms with Gasteiger partial charge in [-0.15, -0.1) is 0 Å². The molecule has 0 radical (unpaired) electrons. The number of carbonyl (C=O) groups excluding carboxylic acids is 1. The van der Waals surface area contributed by atoms with Gasteiger partial charge in [0.1, 0.15) is 12.9 Å². The van der Waals surface area contributed by atoms with Crippen molar-refractivity contribution in [1.82, 2.24) is 0 Å². The predicted molar refractivity (Wildman–Crippen MR) is 74.1 cm³/mol. The van der Waals surface area contributed by atoms with Crippen molar-refractivity contribution < 1.29 is 9.53 Å². The van der Waals surface area contributed by atoms with Crippen LogP contribution in [0.3, 0.4) is 0 Å². The van der Waals surface area contributed by atoms with Gasteiger partial charge >= 0.3 is 0 Å². The quantitative estimate of drug-likeness (QED) is 0.772. The SMILES string of the molecule is O=CC1C=CC=C1C1=N[C@@H](Cc2ccccc2)CO1. The third-order valence-electron chi connectivity index (χ3n) is 3.37. The number of allylic oxidation sites excluding steroid dienone is 3. The topological polar surface area (TPSA) is 38.7 Å². The third kappa shape index (κ3) is 2.50. The van der Waals surface area contributed by atoms with Crippen LogP contribution in [0.4, 0.5) is 0 Å². The van der Waals surface area contributed by atoms with E-state index in [2.05, 4.69) is 17.1 Å². The van der Waals surface area contributed by atoms with E-state index in [1.54, 1.807) is 0 Å². The van der Waals surface area contributed by atoms with Gasteiger partial charge in [0, 0.05) is 5.57 Å². The van der Waals surface area contributed by atoms with Gasteiger partial charge in [-0.05, 0) is 12.0 Å². The van der Waals surface area contributed by atoms with Crippen molar-refractivity contribution in [2.45, 2.75) is 12.5 Å². The lowest BCUT2D eigenvalue weighted by Gasteiger charge is -2.05. The Kier molecular flexibility index (Phi) is 3.27. The van der Waals surface area contributed by atoms with Crippen molar-refractivity contribution in [2.75, 3.05) is 6.61 Å². The number of ether oxygens (including phenoxy) is 1. The molecule has 0 amide bonds. The summed E-state index contributed by atoms with van der Waals surface area (Å²) in [4.78, 5) is 15.5. The highest BCUT2D eigenvalue weighted by atomic mass is 16.5. The summed E-state index contributed by atoms with van der Waals surface area (Å²) in [7, 11) is 0. The van der Waals surface area contributed by atoms with Crippen molar-refractivity contribution in [3.63, 3.8) is 0 Å². The molecule has 1 aliphatic carbocycles. The maximum Gasteiger partial charge on any atom is 0.213 e. The second-order valence-electron chi connectivity index (χ2n) is 4.76. The zero-order chi connectivity index (χ0) is 13.1. The smallest absolute Gasteiger partial charge is 0.213 e. The lowest BCUT2D eigenvalue weighted by molar-refractivity contribution is -0.109. The highest BCUT2D eigenvalue weighted by Crippen LogP contribution is 2.23. The van der Waals surface area contributed by atoms with Crippen LogP contribution < -0.4 is 0 Å². The molecule has 0 saturated carbocycles. The van der Waals surface area contributed by atoms with E-state index in [1.807, 2.05) is 36.4 Å². The maximum absolute atomic E-state index is 10.9. The second kappa shape index (κ2) is 5.22. The molecule has 96 valence electrons. The minimum atomic E-state index is -0.200. The van der Waals surface area contributed by atoms with Crippen molar-refractivity contribution in [3.05, 3.63) is 59.7 Å². The Balaban J connectivity index is 1.70. The van der Waals surface area contributed by atoms with Crippen LogP contribution in [0.25, 0.3) is 0 Å². The summed E-state index contributed by atoms with van der Waals surface area (Å²) in [6, 6.07) is 10.4. The molecule has 1 unspecified atom stereocenters. The fourth-order valence-corrected chi connectivity index (χ4v) is 2.39. The molecular formula is C16H15NO2. The lowest BCUT2D eigenvalue weighted by Crippen LogP contribution is -2.11. The average Bonchev–Trinajstić information content (AvgIpc) is 3.07. The lowest BCUT2D eigenvalue weighted by atomic mass is 10.0. The first-order valence-corrected chi connectivity index (χ1v) is 6.45. The van der Waals surface area contributed by atoms with E-state index in [1.165, 1.54) is 5.56 Å². The fourth-order valence-electron chi connectivity index (χ4n) is 2.39. The molecule has 0 saturated heterocycles. The van der Waals surface area contributed by atoms with Gasteiger partial charge in [-0.25, -0.2) is 4.99 Å². The van der Waals surface area contributed by atoms with Crippen LogP contribution in [0.2, 0.25) is 0 Å². The summed E-state index contributed by atoms with van der Waals surface area (Å²) in [5.41, 5.74) is 2.14. The summed E-state index contributed by atoms with van der Waals surface area (Å²) in [5, 5.41) is 0.